The van der Waals surface area contributed by atoms with Gasteiger partial charge in [-0.2, -0.15) is 0 Å². The van der Waals surface area contributed by atoms with Crippen LogP contribution in [0.3, 0.4) is 0 Å². The van der Waals surface area contributed by atoms with Crippen LogP contribution in [-0.2, 0) is 0 Å². The number of nitrogens with one attached hydrogen (secondary N) is 1. The van der Waals surface area contributed by atoms with Crippen molar-refractivity contribution in [1.29, 1.82) is 0 Å². The third kappa shape index (κ3) is 1.81. The zero-order valence-electron chi connectivity index (χ0n) is 9.71. The average Bonchev–Trinajstić information content (AvgIpc) is 2.82. The molecule has 3 aromatic rings. The van der Waals surface area contributed by atoms with Crippen molar-refractivity contribution in [1.82, 2.24) is 15.1 Å². The van der Waals surface area contributed by atoms with Crippen molar-refractivity contribution in [3.63, 3.8) is 0 Å². The molecule has 0 aliphatic heterocycles. The van der Waals surface area contributed by atoms with Gasteiger partial charge in [0.15, 0.2) is 0 Å². The first-order valence-corrected chi connectivity index (χ1v) is 6.80. The lowest BCUT2D eigenvalue weighted by Gasteiger charge is -2.02. The molecule has 1 aromatic carbocycles. The van der Waals surface area contributed by atoms with Gasteiger partial charge in [0.1, 0.15) is 11.3 Å². The van der Waals surface area contributed by atoms with Gasteiger partial charge >= 0.3 is 0 Å². The van der Waals surface area contributed by atoms with Gasteiger partial charge in [0.2, 0.25) is 5.28 Å². The van der Waals surface area contributed by atoms with Crippen molar-refractivity contribution in [2.24, 2.45) is 0 Å². The number of hydrogen-bond acceptors (Lipinski definition) is 3. The molecule has 0 fully saturated rings. The minimum Gasteiger partial charge on any atom is -0.361 e. The fourth-order valence-electron chi connectivity index (χ4n) is 2.08. The maximum Gasteiger partial charge on any atom is 0.201 e. The van der Waals surface area contributed by atoms with Gasteiger partial charge in [-0.15, -0.1) is 0 Å². The Morgan fingerprint density at radius 2 is 2.11 bits per heavy atom. The lowest BCUT2D eigenvalue weighted by atomic mass is 10.0. The van der Waals surface area contributed by atoms with E-state index in [0.29, 0.717) is 5.28 Å². The molecule has 0 atom stereocenters. The predicted molar refractivity (Wildman–Crippen MR) is 78.8 cm³/mol. The quantitative estimate of drug-likeness (QED) is 0.654. The van der Waals surface area contributed by atoms with Crippen LogP contribution in [0.1, 0.15) is 11.5 Å². The highest BCUT2D eigenvalue weighted by molar-refractivity contribution is 14.1. The van der Waals surface area contributed by atoms with Crippen LogP contribution in [0.5, 0.6) is 0 Å². The van der Waals surface area contributed by atoms with E-state index in [0.717, 1.165) is 37.2 Å². The van der Waals surface area contributed by atoms with Crippen LogP contribution in [0.25, 0.3) is 22.2 Å². The maximum atomic E-state index is 5.89. The number of nitrogens with zero attached hydrogens (tertiary/aromatic N) is 2. The van der Waals surface area contributed by atoms with E-state index in [-0.39, 0.29) is 0 Å². The number of imidazole rings is 1. The fraction of sp³-hybridized carbons (Fsp3) is 0.167. The Morgan fingerprint density at radius 1 is 1.33 bits per heavy atom. The molecule has 3 rings (SSSR count). The summed E-state index contributed by atoms with van der Waals surface area (Å²) < 4.78 is 6.25. The van der Waals surface area contributed by atoms with Gasteiger partial charge in [0.05, 0.1) is 11.2 Å². The number of hydrogen-bond donors (Lipinski definition) is 1. The third-order valence-corrected chi connectivity index (χ3v) is 3.83. The first kappa shape index (κ1) is 12.0. The molecule has 2 heterocycles. The summed E-state index contributed by atoms with van der Waals surface area (Å²) in [6.45, 7) is 3.84. The Morgan fingerprint density at radius 3 is 2.78 bits per heavy atom. The van der Waals surface area contributed by atoms with Crippen LogP contribution in [-0.4, -0.2) is 15.1 Å². The molecular weight excluding hydrogens is 365 g/mol. The van der Waals surface area contributed by atoms with Gasteiger partial charge < -0.3 is 9.51 Å². The zero-order valence-corrected chi connectivity index (χ0v) is 12.6. The van der Waals surface area contributed by atoms with Crippen LogP contribution >= 0.6 is 34.2 Å². The molecule has 6 heteroatoms. The van der Waals surface area contributed by atoms with Crippen LogP contribution in [0, 0.1) is 17.4 Å². The Kier molecular flexibility index (Phi) is 2.82. The van der Waals surface area contributed by atoms with Crippen LogP contribution in [0.4, 0.5) is 0 Å². The molecule has 0 amide bonds. The summed E-state index contributed by atoms with van der Waals surface area (Å²) in [5.74, 6) is 0.813. The Bertz CT molecular complexity index is 728. The van der Waals surface area contributed by atoms with Crippen molar-refractivity contribution in [3.8, 4) is 11.1 Å². The van der Waals surface area contributed by atoms with E-state index in [1.165, 1.54) is 0 Å². The van der Waals surface area contributed by atoms with Crippen molar-refractivity contribution >= 4 is 45.2 Å². The maximum absolute atomic E-state index is 5.89. The highest BCUT2D eigenvalue weighted by Gasteiger charge is 2.14. The lowest BCUT2D eigenvalue weighted by molar-refractivity contribution is 0.393. The minimum atomic E-state index is 0.402. The van der Waals surface area contributed by atoms with E-state index in [1.54, 1.807) is 0 Å². The number of H-pyrrole nitrogens is 1. The third-order valence-electron chi connectivity index (χ3n) is 2.83. The van der Waals surface area contributed by atoms with E-state index in [2.05, 4.69) is 43.8 Å². The molecule has 92 valence electrons. The number of benzene rings is 1. The summed E-state index contributed by atoms with van der Waals surface area (Å²) in [4.78, 5) is 7.28. The second kappa shape index (κ2) is 4.24. The molecule has 1 N–H and O–H groups in total. The Labute approximate surface area is 122 Å². The molecule has 0 unspecified atom stereocenters. The monoisotopic (exact) mass is 373 g/mol. The molecule has 0 spiro atoms. The Balaban J connectivity index is 2.30. The minimum absolute atomic E-state index is 0.402. The van der Waals surface area contributed by atoms with Crippen molar-refractivity contribution in [3.05, 3.63) is 32.4 Å². The van der Waals surface area contributed by atoms with Crippen LogP contribution in [0.15, 0.2) is 16.7 Å². The van der Waals surface area contributed by atoms with Gasteiger partial charge in [-0.25, -0.2) is 4.98 Å². The van der Waals surface area contributed by atoms with Gasteiger partial charge in [0.25, 0.3) is 0 Å². The van der Waals surface area contributed by atoms with Gasteiger partial charge in [-0.3, -0.25) is 0 Å². The molecule has 0 saturated heterocycles. The summed E-state index contributed by atoms with van der Waals surface area (Å²) in [6.07, 6.45) is 0. The summed E-state index contributed by atoms with van der Waals surface area (Å²) in [6, 6.07) is 4.08. The van der Waals surface area contributed by atoms with Gasteiger partial charge in [0, 0.05) is 9.13 Å². The topological polar surface area (TPSA) is 54.7 Å². The SMILES string of the molecule is Cc1noc(C)c1-c1cc(I)c2nc(Cl)[nH]c2c1. The van der Waals surface area contributed by atoms with Crippen LogP contribution < -0.4 is 0 Å². The zero-order chi connectivity index (χ0) is 12.9. The highest BCUT2D eigenvalue weighted by atomic mass is 127. The van der Waals surface area contributed by atoms with Crippen molar-refractivity contribution < 1.29 is 4.52 Å². The normalized spacial score (nSPS) is 11.3. The first-order valence-electron chi connectivity index (χ1n) is 5.34. The van der Waals surface area contributed by atoms with Crippen molar-refractivity contribution in [2.75, 3.05) is 0 Å². The van der Waals surface area contributed by atoms with Crippen LogP contribution in [0.2, 0.25) is 5.28 Å². The molecule has 0 saturated carbocycles. The lowest BCUT2D eigenvalue weighted by Crippen LogP contribution is -1.85. The molecule has 0 radical (unpaired) electrons. The molecular formula is C12H9ClIN3O. The largest absolute Gasteiger partial charge is 0.361 e. The van der Waals surface area contributed by atoms with E-state index in [1.807, 2.05) is 19.9 Å². The first-order chi connectivity index (χ1) is 8.56. The van der Waals surface area contributed by atoms with E-state index in [4.69, 9.17) is 16.1 Å². The fourth-order valence-corrected chi connectivity index (χ4v) is 3.02. The standard InChI is InChI=1S/C12H9ClIN3O/c1-5-10(6(2)18-17-5)7-3-8(14)11-9(4-7)15-12(13)16-11/h3-4H,1-2H3,(H,15,16). The number of rotatable bonds is 1. The summed E-state index contributed by atoms with van der Waals surface area (Å²) in [5.41, 5.74) is 4.77. The van der Waals surface area contributed by atoms with E-state index >= 15 is 0 Å². The second-order valence-electron chi connectivity index (χ2n) is 4.08. The summed E-state index contributed by atoms with van der Waals surface area (Å²) in [5, 5.41) is 4.38. The van der Waals surface area contributed by atoms with Crippen molar-refractivity contribution in [2.45, 2.75) is 13.8 Å². The summed E-state index contributed by atoms with van der Waals surface area (Å²) >= 11 is 8.15. The number of aromatic nitrogens is 3. The molecule has 0 bridgehead atoms. The Hall–Kier alpha value is -1.08. The predicted octanol–water partition coefficient (Wildman–Crippen LogP) is 4.09. The smallest absolute Gasteiger partial charge is 0.201 e. The number of aromatic amines is 1. The van der Waals surface area contributed by atoms with E-state index in [9.17, 15) is 0 Å². The molecule has 18 heavy (non-hydrogen) atoms. The van der Waals surface area contributed by atoms with E-state index < -0.39 is 0 Å². The molecule has 0 aliphatic rings. The molecule has 4 nitrogen and oxygen atoms in total. The summed E-state index contributed by atoms with van der Waals surface area (Å²) in [7, 11) is 0. The molecule has 0 aliphatic carbocycles. The average molecular weight is 374 g/mol. The number of aryl methyl sites for hydroxylation is 2. The highest BCUT2D eigenvalue weighted by Crippen LogP contribution is 2.32. The van der Waals surface area contributed by atoms with Gasteiger partial charge in [-0.05, 0) is 65.7 Å². The molecule has 2 aromatic heterocycles. The second-order valence-corrected chi connectivity index (χ2v) is 5.60. The number of halogens is 2. The van der Waals surface area contributed by atoms with Gasteiger partial charge in [-0.1, -0.05) is 5.16 Å². The number of fused-ring (bicyclic) bond motifs is 1.